The Morgan fingerprint density at radius 1 is 1.19 bits per heavy atom. The maximum Gasteiger partial charge on any atom is 0.175 e. The highest BCUT2D eigenvalue weighted by Crippen LogP contribution is 2.40. The van der Waals surface area contributed by atoms with Crippen molar-refractivity contribution in [2.24, 2.45) is 11.8 Å². The lowest BCUT2D eigenvalue weighted by Gasteiger charge is -2.32. The molecule has 0 spiro atoms. The van der Waals surface area contributed by atoms with Crippen LogP contribution in [0.4, 0.5) is 0 Å². The molecule has 1 aromatic rings. The third-order valence-corrected chi connectivity index (χ3v) is 4.68. The molecule has 21 heavy (non-hydrogen) atoms. The summed E-state index contributed by atoms with van der Waals surface area (Å²) in [6.45, 7) is 5.44. The Balaban J connectivity index is 2.18. The van der Waals surface area contributed by atoms with E-state index in [4.69, 9.17) is 9.47 Å². The number of methoxy groups -OCH3 is 1. The van der Waals surface area contributed by atoms with Gasteiger partial charge in [0.2, 0.25) is 0 Å². The molecule has 2 rings (SSSR count). The number of hydrogen-bond acceptors (Lipinski definition) is 3. The van der Waals surface area contributed by atoms with Gasteiger partial charge in [0.25, 0.3) is 0 Å². The van der Waals surface area contributed by atoms with Crippen LogP contribution in [-0.4, -0.2) is 20.3 Å². The number of rotatable bonds is 5. The van der Waals surface area contributed by atoms with E-state index in [-0.39, 0.29) is 6.10 Å². The van der Waals surface area contributed by atoms with Gasteiger partial charge in [-0.25, -0.2) is 0 Å². The zero-order valence-electron chi connectivity index (χ0n) is 13.4. The van der Waals surface area contributed by atoms with Gasteiger partial charge in [-0.3, -0.25) is 0 Å². The Morgan fingerprint density at radius 2 is 1.86 bits per heavy atom. The Morgan fingerprint density at radius 3 is 2.43 bits per heavy atom. The molecule has 118 valence electrons. The highest BCUT2D eigenvalue weighted by atomic mass is 79.9. The van der Waals surface area contributed by atoms with Crippen molar-refractivity contribution in [1.82, 2.24) is 5.32 Å². The standard InChI is InChI=1S/C17H26BrNO2/c1-11-5-12(2)7-14(6-11)21-17-15(18)8-13(10-19-3)9-16(17)20-4/h8-9,11-12,14,19H,5-7,10H2,1-4H3. The maximum absolute atomic E-state index is 6.29. The molecule has 3 nitrogen and oxygen atoms in total. The topological polar surface area (TPSA) is 30.5 Å². The van der Waals surface area contributed by atoms with Crippen LogP contribution in [0, 0.1) is 11.8 Å². The first kappa shape index (κ1) is 16.6. The quantitative estimate of drug-likeness (QED) is 0.849. The van der Waals surface area contributed by atoms with E-state index in [1.54, 1.807) is 7.11 Å². The number of ether oxygens (including phenoxy) is 2. The summed E-state index contributed by atoms with van der Waals surface area (Å²) in [6, 6.07) is 4.15. The second-order valence-electron chi connectivity index (χ2n) is 6.30. The molecule has 0 saturated heterocycles. The van der Waals surface area contributed by atoms with Crippen LogP contribution in [0.1, 0.15) is 38.7 Å². The van der Waals surface area contributed by atoms with E-state index in [2.05, 4.69) is 41.2 Å². The first-order valence-corrected chi connectivity index (χ1v) is 8.50. The van der Waals surface area contributed by atoms with E-state index in [0.29, 0.717) is 0 Å². The average Bonchev–Trinajstić information content (AvgIpc) is 2.40. The largest absolute Gasteiger partial charge is 0.493 e. The molecule has 4 heteroatoms. The highest BCUT2D eigenvalue weighted by Gasteiger charge is 2.26. The minimum absolute atomic E-state index is 0.282. The van der Waals surface area contributed by atoms with E-state index in [9.17, 15) is 0 Å². The molecule has 1 aliphatic carbocycles. The van der Waals surface area contributed by atoms with Gasteiger partial charge >= 0.3 is 0 Å². The lowest BCUT2D eigenvalue weighted by Crippen LogP contribution is -2.28. The zero-order valence-corrected chi connectivity index (χ0v) is 15.0. The Bertz CT molecular complexity index is 468. The van der Waals surface area contributed by atoms with Gasteiger partial charge in [-0.1, -0.05) is 13.8 Å². The predicted molar refractivity (Wildman–Crippen MR) is 90.1 cm³/mol. The SMILES string of the molecule is CNCc1cc(Br)c(OC2CC(C)CC(C)C2)c(OC)c1. The summed E-state index contributed by atoms with van der Waals surface area (Å²) in [5, 5.41) is 3.16. The van der Waals surface area contributed by atoms with E-state index in [1.807, 2.05) is 13.1 Å². The summed E-state index contributed by atoms with van der Waals surface area (Å²) in [5.74, 6) is 3.10. The van der Waals surface area contributed by atoms with E-state index >= 15 is 0 Å². The molecular formula is C17H26BrNO2. The van der Waals surface area contributed by atoms with Crippen LogP contribution in [0.15, 0.2) is 16.6 Å². The van der Waals surface area contributed by atoms with Crippen LogP contribution in [0.5, 0.6) is 11.5 Å². The lowest BCUT2D eigenvalue weighted by molar-refractivity contribution is 0.0972. The second-order valence-corrected chi connectivity index (χ2v) is 7.15. The van der Waals surface area contributed by atoms with Crippen molar-refractivity contribution >= 4 is 15.9 Å². The minimum Gasteiger partial charge on any atom is -0.493 e. The monoisotopic (exact) mass is 355 g/mol. The lowest BCUT2D eigenvalue weighted by atomic mass is 9.82. The van der Waals surface area contributed by atoms with Crippen LogP contribution in [-0.2, 0) is 6.54 Å². The fourth-order valence-electron chi connectivity index (χ4n) is 3.33. The van der Waals surface area contributed by atoms with Crippen LogP contribution < -0.4 is 14.8 Å². The fraction of sp³-hybridized carbons (Fsp3) is 0.647. The number of hydrogen-bond donors (Lipinski definition) is 1. The summed E-state index contributed by atoms with van der Waals surface area (Å²) in [6.07, 6.45) is 3.83. The zero-order chi connectivity index (χ0) is 15.4. The molecule has 1 fully saturated rings. The Kier molecular flexibility index (Phi) is 5.94. The van der Waals surface area contributed by atoms with Gasteiger partial charge in [0.15, 0.2) is 11.5 Å². The molecule has 0 amide bonds. The molecular weight excluding hydrogens is 330 g/mol. The van der Waals surface area contributed by atoms with Crippen LogP contribution in [0.3, 0.4) is 0 Å². The molecule has 0 radical (unpaired) electrons. The van der Waals surface area contributed by atoms with Crippen LogP contribution in [0.25, 0.3) is 0 Å². The van der Waals surface area contributed by atoms with Gasteiger partial charge in [-0.05, 0) is 71.8 Å². The van der Waals surface area contributed by atoms with E-state index < -0.39 is 0 Å². The normalized spacial score (nSPS) is 25.7. The smallest absolute Gasteiger partial charge is 0.175 e. The molecule has 1 aliphatic rings. The molecule has 2 unspecified atom stereocenters. The third kappa shape index (κ3) is 4.36. The summed E-state index contributed by atoms with van der Waals surface area (Å²) in [4.78, 5) is 0. The van der Waals surface area contributed by atoms with Gasteiger partial charge in [0, 0.05) is 6.54 Å². The molecule has 0 heterocycles. The molecule has 1 saturated carbocycles. The summed E-state index contributed by atoms with van der Waals surface area (Å²) >= 11 is 3.63. The molecule has 0 bridgehead atoms. The maximum atomic E-state index is 6.29. The average molecular weight is 356 g/mol. The molecule has 2 atom stereocenters. The predicted octanol–water partition coefficient (Wildman–Crippen LogP) is 4.38. The van der Waals surface area contributed by atoms with Crippen molar-refractivity contribution in [3.8, 4) is 11.5 Å². The number of halogens is 1. The molecule has 0 aromatic heterocycles. The molecule has 0 aliphatic heterocycles. The van der Waals surface area contributed by atoms with E-state index in [1.165, 1.54) is 12.0 Å². The summed E-state index contributed by atoms with van der Waals surface area (Å²) in [5.41, 5.74) is 1.18. The van der Waals surface area contributed by atoms with Crippen molar-refractivity contribution in [3.63, 3.8) is 0 Å². The summed E-state index contributed by atoms with van der Waals surface area (Å²) < 4.78 is 12.8. The Labute approximate surface area is 136 Å². The van der Waals surface area contributed by atoms with Crippen molar-refractivity contribution in [1.29, 1.82) is 0 Å². The third-order valence-electron chi connectivity index (χ3n) is 4.09. The van der Waals surface area contributed by atoms with Crippen molar-refractivity contribution in [2.45, 2.75) is 45.8 Å². The van der Waals surface area contributed by atoms with Crippen molar-refractivity contribution in [3.05, 3.63) is 22.2 Å². The van der Waals surface area contributed by atoms with Gasteiger partial charge in [0.05, 0.1) is 17.7 Å². The van der Waals surface area contributed by atoms with Crippen molar-refractivity contribution in [2.75, 3.05) is 14.2 Å². The van der Waals surface area contributed by atoms with Gasteiger partial charge < -0.3 is 14.8 Å². The second kappa shape index (κ2) is 7.50. The molecule has 1 aromatic carbocycles. The minimum atomic E-state index is 0.282. The number of nitrogens with one attached hydrogen (secondary N) is 1. The first-order chi connectivity index (χ1) is 10.0. The van der Waals surface area contributed by atoms with Crippen molar-refractivity contribution < 1.29 is 9.47 Å². The van der Waals surface area contributed by atoms with Gasteiger partial charge in [-0.2, -0.15) is 0 Å². The van der Waals surface area contributed by atoms with Crippen LogP contribution in [0.2, 0.25) is 0 Å². The van der Waals surface area contributed by atoms with E-state index in [0.717, 1.165) is 47.2 Å². The van der Waals surface area contributed by atoms with Gasteiger partial charge in [-0.15, -0.1) is 0 Å². The first-order valence-electron chi connectivity index (χ1n) is 7.71. The fourth-order valence-corrected chi connectivity index (χ4v) is 3.91. The highest BCUT2D eigenvalue weighted by molar-refractivity contribution is 9.10. The van der Waals surface area contributed by atoms with Gasteiger partial charge in [0.1, 0.15) is 0 Å². The molecule has 1 N–H and O–H groups in total. The Hall–Kier alpha value is -0.740. The van der Waals surface area contributed by atoms with Crippen LogP contribution >= 0.6 is 15.9 Å². The number of benzene rings is 1. The summed E-state index contributed by atoms with van der Waals surface area (Å²) in [7, 11) is 3.64.